The highest BCUT2D eigenvalue weighted by Gasteiger charge is 2.30. The lowest BCUT2D eigenvalue weighted by Crippen LogP contribution is -2.31. The van der Waals surface area contributed by atoms with E-state index in [1.165, 1.54) is 0 Å². The van der Waals surface area contributed by atoms with E-state index in [2.05, 4.69) is 11.8 Å². The molecule has 0 bridgehead atoms. The van der Waals surface area contributed by atoms with E-state index >= 15 is 0 Å². The first-order valence-electron chi connectivity index (χ1n) is 9.70. The minimum Gasteiger partial charge on any atom is -0.343 e. The van der Waals surface area contributed by atoms with Crippen LogP contribution in [0.1, 0.15) is 74.1 Å². The van der Waals surface area contributed by atoms with Crippen LogP contribution in [0.5, 0.6) is 0 Å². The van der Waals surface area contributed by atoms with E-state index in [0.29, 0.717) is 38.8 Å². The van der Waals surface area contributed by atoms with Gasteiger partial charge < -0.3 is 4.90 Å². The summed E-state index contributed by atoms with van der Waals surface area (Å²) in [7, 11) is 0. The van der Waals surface area contributed by atoms with Crippen molar-refractivity contribution in [2.24, 2.45) is 0 Å². The first-order chi connectivity index (χ1) is 12.8. The minimum atomic E-state index is -0.697. The van der Waals surface area contributed by atoms with Gasteiger partial charge >= 0.3 is 0 Å². The second kappa shape index (κ2) is 9.50. The maximum Gasteiger partial charge on any atom is 0.219 e. The van der Waals surface area contributed by atoms with Crippen LogP contribution in [0.15, 0.2) is 12.1 Å². The molecule has 4 heteroatoms. The maximum absolute atomic E-state index is 13.0. The van der Waals surface area contributed by atoms with Crippen molar-refractivity contribution < 1.29 is 14.4 Å². The van der Waals surface area contributed by atoms with Gasteiger partial charge in [-0.3, -0.25) is 14.4 Å². The molecule has 1 amide bonds. The highest BCUT2D eigenvalue weighted by atomic mass is 16.2. The van der Waals surface area contributed by atoms with Crippen molar-refractivity contribution in [2.75, 3.05) is 13.1 Å². The van der Waals surface area contributed by atoms with Gasteiger partial charge in [-0.1, -0.05) is 5.92 Å². The van der Waals surface area contributed by atoms with Gasteiger partial charge in [0.05, 0.1) is 0 Å². The molecule has 0 saturated carbocycles. The van der Waals surface area contributed by atoms with Gasteiger partial charge in [-0.25, -0.2) is 0 Å². The highest BCUT2D eigenvalue weighted by molar-refractivity contribution is 6.08. The molecule has 0 N–H and O–H groups in total. The summed E-state index contributed by atoms with van der Waals surface area (Å²) in [5, 5.41) is 0. The van der Waals surface area contributed by atoms with Gasteiger partial charge in [-0.2, -0.15) is 0 Å². The predicted molar refractivity (Wildman–Crippen MR) is 107 cm³/mol. The number of hydrogen-bond donors (Lipinski definition) is 0. The minimum absolute atomic E-state index is 0.00296. The van der Waals surface area contributed by atoms with E-state index in [9.17, 15) is 14.4 Å². The molecule has 0 aromatic heterocycles. The fourth-order valence-corrected chi connectivity index (χ4v) is 3.91. The molecule has 0 spiro atoms. The van der Waals surface area contributed by atoms with Crippen molar-refractivity contribution in [3.63, 3.8) is 0 Å². The Kier molecular flexibility index (Phi) is 7.36. The summed E-state index contributed by atoms with van der Waals surface area (Å²) in [6, 6.07) is 3.92. The topological polar surface area (TPSA) is 54.5 Å². The molecule has 1 aromatic carbocycles. The summed E-state index contributed by atoms with van der Waals surface area (Å²) >= 11 is 0. The second-order valence-corrected chi connectivity index (χ2v) is 7.33. The van der Waals surface area contributed by atoms with Crippen LogP contribution < -0.4 is 0 Å². The fraction of sp³-hybridized carbons (Fsp3) is 0.522. The number of hydrogen-bond acceptors (Lipinski definition) is 3. The smallest absolute Gasteiger partial charge is 0.219 e. The molecule has 1 unspecified atom stereocenters. The van der Waals surface area contributed by atoms with E-state index < -0.39 is 5.92 Å². The molecular formula is C23H29NO3. The lowest BCUT2D eigenvalue weighted by Gasteiger charge is -2.21. The van der Waals surface area contributed by atoms with Crippen LogP contribution in [0, 0.1) is 25.7 Å². The number of nitrogens with zero attached hydrogens (tertiary/aromatic N) is 1. The normalized spacial score (nSPS) is 19.1. The Bertz CT molecular complexity index is 775. The summed E-state index contributed by atoms with van der Waals surface area (Å²) in [6.45, 7) is 8.48. The van der Waals surface area contributed by atoms with Crippen LogP contribution >= 0.6 is 0 Å². The molecule has 27 heavy (non-hydrogen) atoms. The molecule has 1 aromatic rings. The third kappa shape index (κ3) is 5.29. The Morgan fingerprint density at radius 3 is 2.11 bits per heavy atom. The zero-order chi connectivity index (χ0) is 20.0. The standard InChI is InChI=1S/C23H29NO3/c1-5-9-19-14-16(2)22(17(3)15-19)23-20(26)10-6-7-12-24(18(4)25)13-8-11-21(23)27/h14-15,23H,6-8,10-13H2,1-4H3. The predicted octanol–water partition coefficient (Wildman–Crippen LogP) is 3.71. The van der Waals surface area contributed by atoms with Crippen LogP contribution in [0.25, 0.3) is 0 Å². The number of rotatable bonds is 1. The Hall–Kier alpha value is -2.41. The lowest BCUT2D eigenvalue weighted by molar-refractivity contribution is -0.131. The summed E-state index contributed by atoms with van der Waals surface area (Å²) < 4.78 is 0. The molecule has 0 aliphatic carbocycles. The Morgan fingerprint density at radius 2 is 1.56 bits per heavy atom. The van der Waals surface area contributed by atoms with E-state index in [1.54, 1.807) is 18.7 Å². The molecule has 1 aliphatic rings. The van der Waals surface area contributed by atoms with Crippen molar-refractivity contribution in [3.8, 4) is 11.8 Å². The number of benzene rings is 1. The Balaban J connectivity index is 2.35. The largest absolute Gasteiger partial charge is 0.343 e. The first kappa shape index (κ1) is 20.9. The van der Waals surface area contributed by atoms with Crippen molar-refractivity contribution in [2.45, 2.75) is 65.7 Å². The lowest BCUT2D eigenvalue weighted by atomic mass is 9.81. The number of carbonyl (C=O) groups excluding carboxylic acids is 3. The summed E-state index contributed by atoms with van der Waals surface area (Å²) in [6.07, 6.45) is 2.77. The number of amides is 1. The van der Waals surface area contributed by atoms with Crippen LogP contribution in [-0.4, -0.2) is 35.5 Å². The van der Waals surface area contributed by atoms with Gasteiger partial charge in [-0.05, 0) is 68.9 Å². The quantitative estimate of drug-likeness (QED) is 0.562. The molecule has 144 valence electrons. The number of aryl methyl sites for hydroxylation is 2. The molecule has 1 atom stereocenters. The molecule has 0 radical (unpaired) electrons. The third-order valence-corrected chi connectivity index (χ3v) is 5.19. The van der Waals surface area contributed by atoms with E-state index in [4.69, 9.17) is 0 Å². The Labute approximate surface area is 162 Å². The summed E-state index contributed by atoms with van der Waals surface area (Å²) in [5.74, 6) is 5.24. The maximum atomic E-state index is 13.0. The fourth-order valence-electron chi connectivity index (χ4n) is 3.91. The third-order valence-electron chi connectivity index (χ3n) is 5.19. The van der Waals surface area contributed by atoms with Crippen molar-refractivity contribution in [1.29, 1.82) is 0 Å². The van der Waals surface area contributed by atoms with Crippen molar-refractivity contribution >= 4 is 17.5 Å². The van der Waals surface area contributed by atoms with Gasteiger partial charge in [0.1, 0.15) is 17.5 Å². The first-order valence-corrected chi connectivity index (χ1v) is 9.70. The van der Waals surface area contributed by atoms with Crippen molar-refractivity contribution in [3.05, 3.63) is 34.4 Å². The summed E-state index contributed by atoms with van der Waals surface area (Å²) in [4.78, 5) is 39.5. The Morgan fingerprint density at radius 1 is 1.00 bits per heavy atom. The molecular weight excluding hydrogens is 338 g/mol. The van der Waals surface area contributed by atoms with Crippen LogP contribution in [-0.2, 0) is 14.4 Å². The molecule has 1 aliphatic heterocycles. The molecule has 1 heterocycles. The molecule has 2 rings (SSSR count). The number of ketones is 2. The molecule has 1 saturated heterocycles. The highest BCUT2D eigenvalue weighted by Crippen LogP contribution is 2.30. The van der Waals surface area contributed by atoms with Gasteiger partial charge in [0.25, 0.3) is 0 Å². The average molecular weight is 367 g/mol. The van der Waals surface area contributed by atoms with E-state index in [-0.39, 0.29) is 17.5 Å². The summed E-state index contributed by atoms with van der Waals surface area (Å²) in [5.41, 5.74) is 3.64. The van der Waals surface area contributed by atoms with Crippen LogP contribution in [0.4, 0.5) is 0 Å². The zero-order valence-electron chi connectivity index (χ0n) is 16.9. The monoisotopic (exact) mass is 367 g/mol. The van der Waals surface area contributed by atoms with Gasteiger partial charge in [0.2, 0.25) is 5.91 Å². The van der Waals surface area contributed by atoms with Gasteiger partial charge in [-0.15, -0.1) is 5.92 Å². The molecule has 1 fully saturated rings. The number of carbonyl (C=O) groups is 3. The molecule has 4 nitrogen and oxygen atoms in total. The van der Waals surface area contributed by atoms with E-state index in [1.807, 2.05) is 26.0 Å². The van der Waals surface area contributed by atoms with E-state index in [0.717, 1.165) is 28.7 Å². The number of Topliss-reactive ketones (excluding diaryl/α,β-unsaturated/α-hetero) is 2. The average Bonchev–Trinajstić information content (AvgIpc) is 2.61. The van der Waals surface area contributed by atoms with Crippen LogP contribution in [0.2, 0.25) is 0 Å². The second-order valence-electron chi connectivity index (χ2n) is 7.33. The van der Waals surface area contributed by atoms with Crippen molar-refractivity contribution in [1.82, 2.24) is 4.90 Å². The zero-order valence-corrected chi connectivity index (χ0v) is 16.9. The SMILES string of the molecule is CC#Cc1cc(C)c(C2C(=O)CCCCN(C(C)=O)CCCC2=O)c(C)c1. The van der Waals surface area contributed by atoms with Gasteiger partial charge in [0, 0.05) is 38.4 Å². The van der Waals surface area contributed by atoms with Crippen LogP contribution in [0.3, 0.4) is 0 Å². The van der Waals surface area contributed by atoms with Gasteiger partial charge in [0.15, 0.2) is 0 Å².